The molecule has 0 atom stereocenters. The van der Waals surface area contributed by atoms with Crippen LogP contribution in [0.3, 0.4) is 0 Å². The van der Waals surface area contributed by atoms with Crippen LogP contribution in [-0.4, -0.2) is 14.8 Å². The van der Waals surface area contributed by atoms with Gasteiger partial charge in [-0.1, -0.05) is 41.7 Å². The number of nitrogens with zero attached hydrogens (tertiary/aromatic N) is 2. The van der Waals surface area contributed by atoms with Gasteiger partial charge in [-0.15, -0.1) is 0 Å². The van der Waals surface area contributed by atoms with E-state index in [1.54, 1.807) is 24.3 Å². The molecule has 29 heavy (non-hydrogen) atoms. The van der Waals surface area contributed by atoms with Crippen LogP contribution >= 0.6 is 23.5 Å². The van der Waals surface area contributed by atoms with Crippen LogP contribution in [0.2, 0.25) is 0 Å². The average molecular weight is 423 g/mol. The molecule has 0 saturated carbocycles. The van der Waals surface area contributed by atoms with Crippen LogP contribution in [0.1, 0.15) is 0 Å². The maximum atomic E-state index is 10.9. The molecule has 7 nitrogen and oxygen atoms in total. The molecule has 144 valence electrons. The Morgan fingerprint density at radius 1 is 0.690 bits per heavy atom. The van der Waals surface area contributed by atoms with E-state index in [2.05, 4.69) is 4.98 Å². The fourth-order valence-electron chi connectivity index (χ4n) is 2.77. The topological polar surface area (TPSA) is 102 Å². The molecule has 4 rings (SSSR count). The molecule has 0 aliphatic rings. The predicted molar refractivity (Wildman–Crippen MR) is 113 cm³/mol. The van der Waals surface area contributed by atoms with E-state index in [0.29, 0.717) is 0 Å². The van der Waals surface area contributed by atoms with Crippen molar-refractivity contribution in [3.05, 3.63) is 93.0 Å². The molecule has 3 aromatic carbocycles. The Balaban J connectivity index is 1.68. The van der Waals surface area contributed by atoms with Crippen molar-refractivity contribution in [3.63, 3.8) is 0 Å². The van der Waals surface area contributed by atoms with E-state index >= 15 is 0 Å². The van der Waals surface area contributed by atoms with E-state index in [-0.39, 0.29) is 11.4 Å². The Hall–Kier alpha value is -3.30. The molecule has 0 fully saturated rings. The number of para-hydroxylation sites is 1. The van der Waals surface area contributed by atoms with Gasteiger partial charge in [0, 0.05) is 45.0 Å². The van der Waals surface area contributed by atoms with Crippen molar-refractivity contribution < 1.29 is 9.85 Å². The normalized spacial score (nSPS) is 10.9. The summed E-state index contributed by atoms with van der Waals surface area (Å²) in [5, 5.41) is 23.7. The third-order valence-corrected chi connectivity index (χ3v) is 6.44. The second-order valence-electron chi connectivity index (χ2n) is 6.03. The van der Waals surface area contributed by atoms with Gasteiger partial charge in [0.05, 0.1) is 19.8 Å². The van der Waals surface area contributed by atoms with Crippen LogP contribution in [0.4, 0.5) is 11.4 Å². The first kappa shape index (κ1) is 19.0. The van der Waals surface area contributed by atoms with Crippen molar-refractivity contribution in [1.82, 2.24) is 4.98 Å². The Morgan fingerprint density at radius 3 is 1.76 bits per heavy atom. The third-order valence-electron chi connectivity index (χ3n) is 4.16. The molecule has 0 aliphatic heterocycles. The Bertz CT molecular complexity index is 1200. The first-order chi connectivity index (χ1) is 14.0. The maximum absolute atomic E-state index is 10.9. The number of fused-ring (bicyclic) bond motifs is 1. The summed E-state index contributed by atoms with van der Waals surface area (Å²) in [6.45, 7) is 0. The van der Waals surface area contributed by atoms with Crippen molar-refractivity contribution in [2.24, 2.45) is 0 Å². The molecule has 0 radical (unpaired) electrons. The highest BCUT2D eigenvalue weighted by molar-refractivity contribution is 8.02. The lowest BCUT2D eigenvalue weighted by atomic mass is 10.2. The summed E-state index contributed by atoms with van der Waals surface area (Å²) in [6.07, 6.45) is 0. The first-order valence-electron chi connectivity index (χ1n) is 8.46. The molecule has 1 heterocycles. The molecule has 0 amide bonds. The molecular weight excluding hydrogens is 410 g/mol. The van der Waals surface area contributed by atoms with Crippen LogP contribution in [0.15, 0.2) is 92.5 Å². The molecule has 0 aliphatic carbocycles. The number of aromatic amines is 1. The monoisotopic (exact) mass is 423 g/mol. The highest BCUT2D eigenvalue weighted by atomic mass is 32.2. The molecule has 0 unspecified atom stereocenters. The lowest BCUT2D eigenvalue weighted by molar-refractivity contribution is -0.385. The largest absolute Gasteiger partial charge is 0.348 e. The van der Waals surface area contributed by atoms with E-state index < -0.39 is 9.85 Å². The maximum Gasteiger partial charge on any atom is 0.269 e. The van der Waals surface area contributed by atoms with Gasteiger partial charge < -0.3 is 4.98 Å². The van der Waals surface area contributed by atoms with Crippen LogP contribution < -0.4 is 0 Å². The van der Waals surface area contributed by atoms with E-state index in [1.807, 2.05) is 24.3 Å². The van der Waals surface area contributed by atoms with E-state index in [0.717, 1.165) is 30.6 Å². The summed E-state index contributed by atoms with van der Waals surface area (Å²) in [5.74, 6) is 0. The van der Waals surface area contributed by atoms with Crippen molar-refractivity contribution in [2.75, 3.05) is 0 Å². The number of rotatable bonds is 6. The summed E-state index contributed by atoms with van der Waals surface area (Å²) in [5.41, 5.74) is 1.07. The van der Waals surface area contributed by atoms with E-state index in [9.17, 15) is 20.2 Å². The zero-order valence-electron chi connectivity index (χ0n) is 14.8. The number of hydrogen-bond donors (Lipinski definition) is 1. The van der Waals surface area contributed by atoms with Gasteiger partial charge in [-0.2, -0.15) is 0 Å². The fourth-order valence-corrected chi connectivity index (χ4v) is 4.83. The Kier molecular flexibility index (Phi) is 5.24. The number of nitro benzene ring substituents is 2. The summed E-state index contributed by atoms with van der Waals surface area (Å²) >= 11 is 3.00. The fraction of sp³-hybridized carbons (Fsp3) is 0. The van der Waals surface area contributed by atoms with Crippen LogP contribution in [0.5, 0.6) is 0 Å². The average Bonchev–Trinajstić information content (AvgIpc) is 3.06. The first-order valence-corrected chi connectivity index (χ1v) is 10.1. The van der Waals surface area contributed by atoms with Gasteiger partial charge >= 0.3 is 0 Å². The van der Waals surface area contributed by atoms with Crippen molar-refractivity contribution in [2.45, 2.75) is 19.7 Å². The van der Waals surface area contributed by atoms with Crippen LogP contribution in [-0.2, 0) is 0 Å². The Morgan fingerprint density at radius 2 is 1.21 bits per heavy atom. The predicted octanol–water partition coefficient (Wildman–Crippen LogP) is 6.29. The molecular formula is C20H13N3O4S2. The number of benzene rings is 3. The molecule has 0 saturated heterocycles. The lowest BCUT2D eigenvalue weighted by Crippen LogP contribution is -1.87. The van der Waals surface area contributed by atoms with Crippen molar-refractivity contribution >= 4 is 45.8 Å². The van der Waals surface area contributed by atoms with Crippen LogP contribution in [0.25, 0.3) is 10.9 Å². The number of hydrogen-bond acceptors (Lipinski definition) is 6. The smallest absolute Gasteiger partial charge is 0.269 e. The van der Waals surface area contributed by atoms with Crippen LogP contribution in [0, 0.1) is 20.2 Å². The second-order valence-corrected chi connectivity index (χ2v) is 8.20. The molecule has 1 N–H and O–H groups in total. The molecule has 9 heteroatoms. The quantitative estimate of drug-likeness (QED) is 0.289. The van der Waals surface area contributed by atoms with Gasteiger partial charge in [-0.25, -0.2) is 0 Å². The van der Waals surface area contributed by atoms with Gasteiger partial charge in [-0.05, 0) is 30.3 Å². The zero-order chi connectivity index (χ0) is 20.4. The number of nitro groups is 2. The number of H-pyrrole nitrogens is 1. The van der Waals surface area contributed by atoms with Gasteiger partial charge in [-0.3, -0.25) is 20.2 Å². The number of aromatic nitrogens is 1. The summed E-state index contributed by atoms with van der Waals surface area (Å²) in [7, 11) is 0. The molecule has 4 aromatic rings. The van der Waals surface area contributed by atoms with Gasteiger partial charge in [0.15, 0.2) is 0 Å². The highest BCUT2D eigenvalue weighted by Crippen LogP contribution is 2.43. The highest BCUT2D eigenvalue weighted by Gasteiger charge is 2.15. The van der Waals surface area contributed by atoms with Crippen molar-refractivity contribution in [1.29, 1.82) is 0 Å². The molecule has 0 bridgehead atoms. The standard InChI is InChI=1S/C20H13N3O4S2/c24-22(25)13-5-9-15(10-6-13)28-19-17-3-1-2-4-18(17)21-20(19)29-16-11-7-14(8-12-16)23(26)27/h1-12,21H. The summed E-state index contributed by atoms with van der Waals surface area (Å²) in [4.78, 5) is 27.0. The lowest BCUT2D eigenvalue weighted by Gasteiger charge is -2.05. The SMILES string of the molecule is O=[N+]([O-])c1ccc(Sc2[nH]c3ccccc3c2Sc2ccc([N+](=O)[O-])cc2)cc1. The minimum Gasteiger partial charge on any atom is -0.348 e. The van der Waals surface area contributed by atoms with Crippen molar-refractivity contribution in [3.8, 4) is 0 Å². The minimum atomic E-state index is -0.423. The van der Waals surface area contributed by atoms with E-state index in [1.165, 1.54) is 47.8 Å². The number of non-ortho nitro benzene ring substituents is 2. The molecule has 1 aromatic heterocycles. The zero-order valence-corrected chi connectivity index (χ0v) is 16.4. The summed E-state index contributed by atoms with van der Waals surface area (Å²) in [6, 6.07) is 20.7. The van der Waals surface area contributed by atoms with Gasteiger partial charge in [0.2, 0.25) is 0 Å². The second kappa shape index (κ2) is 7.98. The van der Waals surface area contributed by atoms with Gasteiger partial charge in [0.1, 0.15) is 0 Å². The number of nitrogens with one attached hydrogen (secondary N) is 1. The third kappa shape index (κ3) is 4.10. The summed E-state index contributed by atoms with van der Waals surface area (Å²) < 4.78 is 0. The van der Waals surface area contributed by atoms with Gasteiger partial charge in [0.25, 0.3) is 11.4 Å². The van der Waals surface area contributed by atoms with E-state index in [4.69, 9.17) is 0 Å². The minimum absolute atomic E-state index is 0.0477. The Labute approximate surface area is 173 Å². The molecule has 0 spiro atoms.